The van der Waals surface area contributed by atoms with Gasteiger partial charge in [-0.15, -0.1) is 0 Å². The van der Waals surface area contributed by atoms with E-state index in [1.54, 1.807) is 6.20 Å². The Kier molecular flexibility index (Phi) is 7.31. The third kappa shape index (κ3) is 5.27. The van der Waals surface area contributed by atoms with Crippen LogP contribution in [0.1, 0.15) is 50.1 Å². The van der Waals surface area contributed by atoms with E-state index in [0.717, 1.165) is 66.4 Å². The smallest absolute Gasteiger partial charge is 0.228 e. The summed E-state index contributed by atoms with van der Waals surface area (Å²) in [5.74, 6) is -1.06. The molecule has 1 aliphatic heterocycles. The van der Waals surface area contributed by atoms with Gasteiger partial charge >= 0.3 is 0 Å². The van der Waals surface area contributed by atoms with Gasteiger partial charge in [0.05, 0.1) is 6.61 Å². The number of ether oxygens (including phenoxy) is 1. The third-order valence-corrected chi connectivity index (χ3v) is 9.12. The van der Waals surface area contributed by atoms with Crippen molar-refractivity contribution >= 4 is 37.1 Å². The summed E-state index contributed by atoms with van der Waals surface area (Å²) in [4.78, 5) is 14.8. The summed E-state index contributed by atoms with van der Waals surface area (Å²) < 4.78 is 57.8. The minimum absolute atomic E-state index is 0.0132. The fraction of sp³-hybridized carbons (Fsp3) is 0.414. The van der Waals surface area contributed by atoms with Gasteiger partial charge in [0.15, 0.2) is 17.2 Å². The molecular weight excluding hydrogens is 522 g/mol. The van der Waals surface area contributed by atoms with Crippen LogP contribution in [0.15, 0.2) is 48.9 Å². The van der Waals surface area contributed by atoms with Crippen LogP contribution in [0.5, 0.6) is 5.75 Å². The quantitative estimate of drug-likeness (QED) is 0.331. The van der Waals surface area contributed by atoms with Crippen molar-refractivity contribution < 1.29 is 21.9 Å². The summed E-state index contributed by atoms with van der Waals surface area (Å²) in [7, 11) is -2.33. The first-order chi connectivity index (χ1) is 19.0. The van der Waals surface area contributed by atoms with Crippen LogP contribution >= 0.6 is 0 Å². The molecule has 3 aromatic heterocycles. The minimum Gasteiger partial charge on any atom is -0.490 e. The van der Waals surface area contributed by atoms with E-state index in [9.17, 15) is 17.2 Å². The summed E-state index contributed by atoms with van der Waals surface area (Å²) in [5.41, 5.74) is 1.90. The lowest BCUT2D eigenvalue weighted by atomic mass is 9.78. The van der Waals surface area contributed by atoms with E-state index in [4.69, 9.17) is 4.74 Å². The van der Waals surface area contributed by atoms with Crippen molar-refractivity contribution in [2.24, 2.45) is 11.8 Å². The number of hydrogen-bond acceptors (Lipinski definition) is 5. The van der Waals surface area contributed by atoms with Crippen molar-refractivity contribution in [2.45, 2.75) is 44.4 Å². The fourth-order valence-electron chi connectivity index (χ4n) is 6.35. The molecule has 1 saturated carbocycles. The number of halogens is 2. The molecule has 2 aliphatic rings. The van der Waals surface area contributed by atoms with Crippen LogP contribution in [-0.2, 0) is 10.3 Å². The number of piperidine rings is 1. The highest BCUT2D eigenvalue weighted by molar-refractivity contribution is 7.72. The highest BCUT2D eigenvalue weighted by Gasteiger charge is 2.33. The molecule has 1 aliphatic carbocycles. The largest absolute Gasteiger partial charge is 0.490 e. The molecule has 4 heterocycles. The number of hydrogen-bond donors (Lipinski definition) is 1. The Morgan fingerprint density at radius 3 is 2.72 bits per heavy atom. The second-order valence-corrected chi connectivity index (χ2v) is 11.5. The van der Waals surface area contributed by atoms with E-state index in [-0.39, 0.29) is 24.2 Å². The molecular formula is C29H30F2N4O3S. The number of benzene rings is 1. The van der Waals surface area contributed by atoms with Gasteiger partial charge in [0, 0.05) is 71.4 Å². The van der Waals surface area contributed by atoms with E-state index in [0.29, 0.717) is 24.0 Å². The SMILES string of the molecule is O=S(=O)=C(C1CCC(c2[nH]ccc3cnc4nccc4c23)CC1)N1CCCC(COc2ccc(F)cc2F)C1. The van der Waals surface area contributed by atoms with E-state index in [1.807, 2.05) is 29.4 Å². The van der Waals surface area contributed by atoms with Gasteiger partial charge in [-0.2, -0.15) is 8.42 Å². The summed E-state index contributed by atoms with van der Waals surface area (Å²) in [6.45, 7) is 1.47. The number of aromatic amines is 1. The number of likely N-dealkylation sites (tertiary alicyclic amines) is 1. The summed E-state index contributed by atoms with van der Waals surface area (Å²) in [6, 6.07) is 7.29. The summed E-state index contributed by atoms with van der Waals surface area (Å²) >= 11 is 0. The Morgan fingerprint density at radius 2 is 1.92 bits per heavy atom. The molecule has 1 saturated heterocycles. The van der Waals surface area contributed by atoms with Crippen LogP contribution in [-0.4, -0.2) is 53.0 Å². The number of pyridine rings is 2. The van der Waals surface area contributed by atoms with E-state index >= 15 is 0 Å². The molecule has 1 aromatic carbocycles. The first-order valence-electron chi connectivity index (χ1n) is 13.5. The van der Waals surface area contributed by atoms with Crippen LogP contribution in [0.2, 0.25) is 0 Å². The van der Waals surface area contributed by atoms with Gasteiger partial charge in [-0.1, -0.05) is 0 Å². The Bertz CT molecular complexity index is 1640. The van der Waals surface area contributed by atoms with Gasteiger partial charge in [0.2, 0.25) is 10.3 Å². The highest BCUT2D eigenvalue weighted by Crippen LogP contribution is 2.40. The molecule has 0 amide bonds. The topological polar surface area (TPSA) is 88.2 Å². The standard InChI is InChI=1S/C29H30F2N4O3S/c30-22-7-8-25(24(31)14-22)38-17-18-2-1-13-35(16-18)29(39(36)37)20-5-3-19(4-6-20)27-26-21(9-11-32-27)15-34-28-23(26)10-12-33-28/h7-12,14-15,18-20,32H,1-6,13,16-17H2. The molecule has 6 rings (SSSR count). The maximum Gasteiger partial charge on any atom is 0.228 e. The zero-order valence-corrected chi connectivity index (χ0v) is 22.3. The Balaban J connectivity index is 1.14. The van der Waals surface area contributed by atoms with Gasteiger partial charge in [-0.3, -0.25) is 4.90 Å². The first-order valence-corrected chi connectivity index (χ1v) is 14.5. The maximum atomic E-state index is 14.0. The van der Waals surface area contributed by atoms with E-state index in [2.05, 4.69) is 15.0 Å². The number of nitrogens with zero attached hydrogens (tertiary/aromatic N) is 3. The number of nitrogens with one attached hydrogen (secondary N) is 1. The fourth-order valence-corrected chi connectivity index (χ4v) is 7.23. The normalized spacial score (nSPS) is 22.3. The number of aromatic nitrogens is 3. The van der Waals surface area contributed by atoms with Gasteiger partial charge in [0.1, 0.15) is 10.8 Å². The van der Waals surface area contributed by atoms with Crippen LogP contribution in [0.3, 0.4) is 0 Å². The van der Waals surface area contributed by atoms with Crippen molar-refractivity contribution in [3.63, 3.8) is 0 Å². The molecule has 2 fully saturated rings. The molecule has 0 radical (unpaired) electrons. The predicted octanol–water partition coefficient (Wildman–Crippen LogP) is 5.46. The lowest BCUT2D eigenvalue weighted by molar-refractivity contribution is 0.167. The molecule has 39 heavy (non-hydrogen) atoms. The zero-order chi connectivity index (χ0) is 26.9. The van der Waals surface area contributed by atoms with Crippen molar-refractivity contribution in [1.82, 2.24) is 19.9 Å². The molecule has 1 unspecified atom stereocenters. The van der Waals surface area contributed by atoms with Gasteiger partial charge in [-0.25, -0.2) is 18.7 Å². The molecule has 4 aromatic rings. The highest BCUT2D eigenvalue weighted by atomic mass is 32.2. The number of fused-ring (bicyclic) bond motifs is 3. The molecule has 1 atom stereocenters. The van der Waals surface area contributed by atoms with E-state index < -0.39 is 21.9 Å². The lowest BCUT2D eigenvalue weighted by Crippen LogP contribution is -2.45. The molecule has 10 heteroatoms. The molecule has 0 spiro atoms. The Hall–Kier alpha value is -3.37. The molecule has 7 nitrogen and oxygen atoms in total. The predicted molar refractivity (Wildman–Crippen MR) is 146 cm³/mol. The maximum absolute atomic E-state index is 14.0. The van der Waals surface area contributed by atoms with Crippen molar-refractivity contribution in [3.05, 3.63) is 66.3 Å². The van der Waals surface area contributed by atoms with Gasteiger partial charge in [-0.05, 0) is 68.7 Å². The van der Waals surface area contributed by atoms with Crippen molar-refractivity contribution in [2.75, 3.05) is 19.7 Å². The van der Waals surface area contributed by atoms with E-state index in [1.165, 1.54) is 17.8 Å². The second-order valence-electron chi connectivity index (χ2n) is 10.6. The van der Waals surface area contributed by atoms with Crippen molar-refractivity contribution in [3.8, 4) is 5.75 Å². The van der Waals surface area contributed by atoms with Crippen LogP contribution in [0.4, 0.5) is 8.78 Å². The van der Waals surface area contributed by atoms with Gasteiger partial charge in [0.25, 0.3) is 0 Å². The second kappa shape index (κ2) is 11.0. The molecule has 0 bridgehead atoms. The zero-order valence-electron chi connectivity index (χ0n) is 21.4. The molecule has 204 valence electrons. The average molecular weight is 553 g/mol. The monoisotopic (exact) mass is 552 g/mol. The van der Waals surface area contributed by atoms with Crippen LogP contribution in [0, 0.1) is 23.5 Å². The third-order valence-electron chi connectivity index (χ3n) is 8.19. The Morgan fingerprint density at radius 1 is 1.08 bits per heavy atom. The minimum atomic E-state index is -2.33. The molecule has 1 N–H and O–H groups in total. The van der Waals surface area contributed by atoms with Crippen LogP contribution in [0.25, 0.3) is 21.8 Å². The number of rotatable bonds is 5. The number of H-pyrrole nitrogens is 1. The van der Waals surface area contributed by atoms with Gasteiger partial charge < -0.3 is 9.72 Å². The average Bonchev–Trinajstić information content (AvgIpc) is 3.42. The van der Waals surface area contributed by atoms with Crippen molar-refractivity contribution in [1.29, 1.82) is 0 Å². The summed E-state index contributed by atoms with van der Waals surface area (Å²) in [5, 5.41) is 3.26. The first kappa shape index (κ1) is 25.9. The van der Waals surface area contributed by atoms with Crippen LogP contribution < -0.4 is 4.74 Å². The summed E-state index contributed by atoms with van der Waals surface area (Å²) in [6.07, 6.45) is 10.6. The Labute approximate surface area is 226 Å². The lowest BCUT2D eigenvalue weighted by Gasteiger charge is -2.37.